The van der Waals surface area contributed by atoms with E-state index in [-0.39, 0.29) is 12.1 Å². The summed E-state index contributed by atoms with van der Waals surface area (Å²) >= 11 is 0. The quantitative estimate of drug-likeness (QED) is 0.904. The SMILES string of the molecule is CC(C)n1ncnc1CN1CC2CCCC2C1C(=O)O. The van der Waals surface area contributed by atoms with E-state index >= 15 is 0 Å². The predicted octanol–water partition coefficient (Wildman–Crippen LogP) is 1.54. The van der Waals surface area contributed by atoms with E-state index in [0.717, 1.165) is 18.8 Å². The first-order chi connectivity index (χ1) is 9.58. The second-order valence-corrected chi connectivity index (χ2v) is 6.28. The number of carbonyl (C=O) groups is 1. The largest absolute Gasteiger partial charge is 0.480 e. The van der Waals surface area contributed by atoms with Crippen molar-refractivity contribution in [1.29, 1.82) is 0 Å². The maximum atomic E-state index is 11.6. The molecule has 2 heterocycles. The summed E-state index contributed by atoms with van der Waals surface area (Å²) in [6.07, 6.45) is 4.95. The van der Waals surface area contributed by atoms with E-state index in [1.807, 2.05) is 4.68 Å². The van der Waals surface area contributed by atoms with Crippen LogP contribution >= 0.6 is 0 Å². The smallest absolute Gasteiger partial charge is 0.321 e. The molecule has 20 heavy (non-hydrogen) atoms. The lowest BCUT2D eigenvalue weighted by atomic mass is 9.94. The van der Waals surface area contributed by atoms with Crippen LogP contribution in [0.2, 0.25) is 0 Å². The number of carboxylic acid groups (broad SMARTS) is 1. The Balaban J connectivity index is 1.79. The number of fused-ring (bicyclic) bond motifs is 1. The summed E-state index contributed by atoms with van der Waals surface area (Å²) in [5.74, 6) is 1.05. The standard InChI is InChI=1S/C14H22N4O2/c1-9(2)18-12(15-8-16-18)7-17-6-10-4-3-5-11(10)13(17)14(19)20/h8-11,13H,3-7H2,1-2H3,(H,19,20). The fraction of sp³-hybridized carbons (Fsp3) is 0.786. The van der Waals surface area contributed by atoms with Gasteiger partial charge in [-0.05, 0) is 38.5 Å². The molecule has 3 rings (SSSR count). The lowest BCUT2D eigenvalue weighted by Gasteiger charge is -2.24. The van der Waals surface area contributed by atoms with Gasteiger partial charge in [0.2, 0.25) is 0 Å². The summed E-state index contributed by atoms with van der Waals surface area (Å²) < 4.78 is 1.88. The molecule has 2 aliphatic rings. The van der Waals surface area contributed by atoms with E-state index in [1.165, 1.54) is 12.8 Å². The van der Waals surface area contributed by atoms with Crippen LogP contribution in [0.1, 0.15) is 45.0 Å². The Kier molecular flexibility index (Phi) is 3.50. The third-order valence-electron chi connectivity index (χ3n) is 4.72. The third-order valence-corrected chi connectivity index (χ3v) is 4.72. The number of nitrogens with zero attached hydrogens (tertiary/aromatic N) is 4. The van der Waals surface area contributed by atoms with E-state index in [1.54, 1.807) is 6.33 Å². The van der Waals surface area contributed by atoms with Crippen LogP contribution in [0, 0.1) is 11.8 Å². The van der Waals surface area contributed by atoms with E-state index in [2.05, 4.69) is 28.8 Å². The van der Waals surface area contributed by atoms with Crippen LogP contribution < -0.4 is 0 Å². The zero-order chi connectivity index (χ0) is 14.3. The number of rotatable bonds is 4. The zero-order valence-electron chi connectivity index (χ0n) is 12.1. The summed E-state index contributed by atoms with van der Waals surface area (Å²) in [4.78, 5) is 18.0. The Bertz CT molecular complexity index is 499. The van der Waals surface area contributed by atoms with Crippen molar-refractivity contribution in [1.82, 2.24) is 19.7 Å². The number of hydrogen-bond donors (Lipinski definition) is 1. The first-order valence-electron chi connectivity index (χ1n) is 7.43. The minimum absolute atomic E-state index is 0.248. The molecule has 0 spiro atoms. The summed E-state index contributed by atoms with van der Waals surface area (Å²) in [6, 6.07) is -0.0994. The van der Waals surface area contributed by atoms with Crippen LogP contribution in [0.15, 0.2) is 6.33 Å². The number of likely N-dealkylation sites (tertiary alicyclic amines) is 1. The lowest BCUT2D eigenvalue weighted by Crippen LogP contribution is -2.39. The van der Waals surface area contributed by atoms with Crippen molar-refractivity contribution in [2.75, 3.05) is 6.54 Å². The molecule has 1 aliphatic carbocycles. The number of carboxylic acids is 1. The Morgan fingerprint density at radius 3 is 3.00 bits per heavy atom. The predicted molar refractivity (Wildman–Crippen MR) is 73.1 cm³/mol. The normalized spacial score (nSPS) is 30.1. The molecule has 2 fully saturated rings. The maximum absolute atomic E-state index is 11.6. The molecular weight excluding hydrogens is 256 g/mol. The molecular formula is C14H22N4O2. The van der Waals surface area contributed by atoms with E-state index in [0.29, 0.717) is 18.4 Å². The van der Waals surface area contributed by atoms with Crippen molar-refractivity contribution < 1.29 is 9.90 Å². The van der Waals surface area contributed by atoms with Gasteiger partial charge in [-0.15, -0.1) is 0 Å². The highest BCUT2D eigenvalue weighted by Crippen LogP contribution is 2.42. The Hall–Kier alpha value is -1.43. The third kappa shape index (κ3) is 2.22. The van der Waals surface area contributed by atoms with Gasteiger partial charge >= 0.3 is 5.97 Å². The van der Waals surface area contributed by atoms with Crippen LogP contribution in [0.3, 0.4) is 0 Å². The zero-order valence-corrected chi connectivity index (χ0v) is 12.1. The second-order valence-electron chi connectivity index (χ2n) is 6.28. The minimum Gasteiger partial charge on any atom is -0.480 e. The van der Waals surface area contributed by atoms with Gasteiger partial charge in [-0.1, -0.05) is 6.42 Å². The van der Waals surface area contributed by atoms with Gasteiger partial charge in [0.05, 0.1) is 6.54 Å². The summed E-state index contributed by atoms with van der Waals surface area (Å²) in [7, 11) is 0. The van der Waals surface area contributed by atoms with Gasteiger partial charge in [0.25, 0.3) is 0 Å². The molecule has 110 valence electrons. The lowest BCUT2D eigenvalue weighted by molar-refractivity contribution is -0.143. The summed E-state index contributed by atoms with van der Waals surface area (Å²) in [5.41, 5.74) is 0. The van der Waals surface area contributed by atoms with Crippen molar-refractivity contribution >= 4 is 5.97 Å². The van der Waals surface area contributed by atoms with Crippen LogP contribution in [-0.4, -0.2) is 43.3 Å². The Morgan fingerprint density at radius 2 is 2.30 bits per heavy atom. The van der Waals surface area contributed by atoms with Crippen LogP contribution in [0.5, 0.6) is 0 Å². The van der Waals surface area contributed by atoms with Crippen molar-refractivity contribution in [2.45, 2.75) is 51.7 Å². The molecule has 0 radical (unpaired) electrons. The molecule has 6 nitrogen and oxygen atoms in total. The molecule has 1 aliphatic heterocycles. The first kappa shape index (κ1) is 13.5. The molecule has 3 unspecified atom stereocenters. The fourth-order valence-corrected chi connectivity index (χ4v) is 3.90. The molecule has 1 aromatic heterocycles. The van der Waals surface area contributed by atoms with Crippen molar-refractivity contribution in [3.8, 4) is 0 Å². The molecule has 1 saturated carbocycles. The van der Waals surface area contributed by atoms with Crippen LogP contribution in [0.4, 0.5) is 0 Å². The average Bonchev–Trinajstić information content (AvgIpc) is 3.02. The molecule has 0 bridgehead atoms. The second kappa shape index (κ2) is 5.16. The van der Waals surface area contributed by atoms with Gasteiger partial charge in [-0.2, -0.15) is 5.10 Å². The van der Waals surface area contributed by atoms with Crippen LogP contribution in [-0.2, 0) is 11.3 Å². The van der Waals surface area contributed by atoms with Gasteiger partial charge in [0.1, 0.15) is 18.2 Å². The monoisotopic (exact) mass is 278 g/mol. The topological polar surface area (TPSA) is 71.2 Å². The highest BCUT2D eigenvalue weighted by molar-refractivity contribution is 5.74. The average molecular weight is 278 g/mol. The van der Waals surface area contributed by atoms with Crippen molar-refractivity contribution in [2.24, 2.45) is 11.8 Å². The molecule has 1 N–H and O–H groups in total. The highest BCUT2D eigenvalue weighted by Gasteiger charge is 2.47. The van der Waals surface area contributed by atoms with Gasteiger partial charge in [-0.25, -0.2) is 9.67 Å². The van der Waals surface area contributed by atoms with E-state index < -0.39 is 5.97 Å². The highest BCUT2D eigenvalue weighted by atomic mass is 16.4. The molecule has 1 saturated heterocycles. The van der Waals surface area contributed by atoms with Gasteiger partial charge in [-0.3, -0.25) is 9.69 Å². The van der Waals surface area contributed by atoms with Crippen molar-refractivity contribution in [3.63, 3.8) is 0 Å². The molecule has 0 amide bonds. The number of aliphatic carboxylic acids is 1. The first-order valence-corrected chi connectivity index (χ1v) is 7.43. The van der Waals surface area contributed by atoms with Crippen molar-refractivity contribution in [3.05, 3.63) is 12.2 Å². The molecule has 6 heteroatoms. The maximum Gasteiger partial charge on any atom is 0.321 e. The van der Waals surface area contributed by atoms with Gasteiger partial charge in [0, 0.05) is 12.6 Å². The van der Waals surface area contributed by atoms with Gasteiger partial charge < -0.3 is 5.11 Å². The number of hydrogen-bond acceptors (Lipinski definition) is 4. The Morgan fingerprint density at radius 1 is 1.50 bits per heavy atom. The molecule has 0 aromatic carbocycles. The fourth-order valence-electron chi connectivity index (χ4n) is 3.90. The minimum atomic E-state index is -0.685. The molecule has 1 aromatic rings. The van der Waals surface area contributed by atoms with E-state index in [9.17, 15) is 9.90 Å². The Labute approximate surface area is 118 Å². The van der Waals surface area contributed by atoms with E-state index in [4.69, 9.17) is 0 Å². The van der Waals surface area contributed by atoms with Gasteiger partial charge in [0.15, 0.2) is 0 Å². The summed E-state index contributed by atoms with van der Waals surface area (Å²) in [6.45, 7) is 5.59. The molecule has 3 atom stereocenters. The summed E-state index contributed by atoms with van der Waals surface area (Å²) in [5, 5.41) is 13.8. The van der Waals surface area contributed by atoms with Crippen LogP contribution in [0.25, 0.3) is 0 Å². The number of aromatic nitrogens is 3.